The van der Waals surface area contributed by atoms with Crippen LogP contribution in [0.4, 0.5) is 4.79 Å². The van der Waals surface area contributed by atoms with E-state index in [2.05, 4.69) is 4.98 Å². The number of nitrogens with two attached hydrogens (primary N) is 1. The summed E-state index contributed by atoms with van der Waals surface area (Å²) < 4.78 is 1.56. The SMILES string of the molecule is CCCn1c(SC(C)C(=O)NC(N)=O)nc2ccccc2c1=O. The Kier molecular flexibility index (Phi) is 5.38. The van der Waals surface area contributed by atoms with Crippen LogP contribution in [0, 0.1) is 0 Å². The van der Waals surface area contributed by atoms with Gasteiger partial charge in [-0.1, -0.05) is 30.8 Å². The summed E-state index contributed by atoms with van der Waals surface area (Å²) in [5.41, 5.74) is 5.39. The molecule has 0 saturated heterocycles. The smallest absolute Gasteiger partial charge is 0.318 e. The zero-order valence-corrected chi connectivity index (χ0v) is 13.7. The van der Waals surface area contributed by atoms with E-state index < -0.39 is 17.2 Å². The lowest BCUT2D eigenvalue weighted by atomic mass is 10.2. The van der Waals surface area contributed by atoms with E-state index in [-0.39, 0.29) is 5.56 Å². The first-order valence-electron chi connectivity index (χ1n) is 7.20. The standard InChI is InChI=1S/C15H18N4O3S/c1-3-8-19-13(21)10-6-4-5-7-11(10)17-15(19)23-9(2)12(20)18-14(16)22/h4-7,9H,3,8H2,1-2H3,(H3,16,18,20,22). The third-order valence-corrected chi connectivity index (χ3v) is 4.26. The molecular weight excluding hydrogens is 316 g/mol. The van der Waals surface area contributed by atoms with Crippen molar-refractivity contribution in [2.45, 2.75) is 37.2 Å². The van der Waals surface area contributed by atoms with Gasteiger partial charge in [-0.3, -0.25) is 19.5 Å². The average molecular weight is 334 g/mol. The molecule has 1 aromatic carbocycles. The number of fused-ring (bicyclic) bond motifs is 1. The number of aromatic nitrogens is 2. The number of rotatable bonds is 5. The maximum absolute atomic E-state index is 12.6. The second-order valence-corrected chi connectivity index (χ2v) is 6.29. The number of hydrogen-bond donors (Lipinski definition) is 2. The maximum Gasteiger partial charge on any atom is 0.318 e. The van der Waals surface area contributed by atoms with Gasteiger partial charge in [0.05, 0.1) is 16.2 Å². The number of nitrogens with zero attached hydrogens (tertiary/aromatic N) is 2. The van der Waals surface area contributed by atoms with Crippen LogP contribution in [0.3, 0.4) is 0 Å². The molecule has 1 atom stereocenters. The second kappa shape index (κ2) is 7.28. The van der Waals surface area contributed by atoms with Gasteiger partial charge >= 0.3 is 6.03 Å². The van der Waals surface area contributed by atoms with Crippen molar-refractivity contribution in [3.05, 3.63) is 34.6 Å². The van der Waals surface area contributed by atoms with Crippen LogP contribution in [0.1, 0.15) is 20.3 Å². The zero-order chi connectivity index (χ0) is 17.0. The van der Waals surface area contributed by atoms with Crippen LogP contribution in [0.5, 0.6) is 0 Å². The van der Waals surface area contributed by atoms with Gasteiger partial charge in [0.2, 0.25) is 5.91 Å². The number of carbonyl (C=O) groups excluding carboxylic acids is 2. The molecule has 0 radical (unpaired) electrons. The highest BCUT2D eigenvalue weighted by Crippen LogP contribution is 2.22. The summed E-state index contributed by atoms with van der Waals surface area (Å²) in [6, 6.07) is 6.17. The third kappa shape index (κ3) is 3.89. The van der Waals surface area contributed by atoms with Crippen LogP contribution in [-0.4, -0.2) is 26.7 Å². The monoisotopic (exact) mass is 334 g/mol. The van der Waals surface area contributed by atoms with Crippen molar-refractivity contribution in [1.29, 1.82) is 0 Å². The largest absolute Gasteiger partial charge is 0.351 e. The van der Waals surface area contributed by atoms with Gasteiger partial charge in [0, 0.05) is 6.54 Å². The number of imide groups is 1. The van der Waals surface area contributed by atoms with Crippen LogP contribution < -0.4 is 16.6 Å². The molecule has 7 nitrogen and oxygen atoms in total. The van der Waals surface area contributed by atoms with Crippen molar-refractivity contribution < 1.29 is 9.59 Å². The molecule has 122 valence electrons. The molecule has 0 saturated carbocycles. The van der Waals surface area contributed by atoms with Crippen molar-refractivity contribution in [2.75, 3.05) is 0 Å². The Bertz CT molecular complexity index is 803. The summed E-state index contributed by atoms with van der Waals surface area (Å²) in [6.07, 6.45) is 0.759. The molecule has 0 aliphatic heterocycles. The van der Waals surface area contributed by atoms with Crippen molar-refractivity contribution in [2.24, 2.45) is 5.73 Å². The Morgan fingerprint density at radius 2 is 2.09 bits per heavy atom. The van der Waals surface area contributed by atoms with Crippen molar-refractivity contribution >= 4 is 34.6 Å². The number of carbonyl (C=O) groups is 2. The molecule has 3 amide bonds. The highest BCUT2D eigenvalue weighted by molar-refractivity contribution is 8.00. The molecule has 0 bridgehead atoms. The number of hydrogen-bond acceptors (Lipinski definition) is 5. The molecule has 8 heteroatoms. The molecule has 2 aromatic rings. The lowest BCUT2D eigenvalue weighted by molar-refractivity contribution is -0.119. The van der Waals surface area contributed by atoms with Crippen molar-refractivity contribution in [3.8, 4) is 0 Å². The molecule has 23 heavy (non-hydrogen) atoms. The maximum atomic E-state index is 12.6. The molecular formula is C15H18N4O3S. The highest BCUT2D eigenvalue weighted by Gasteiger charge is 2.20. The molecule has 1 aromatic heterocycles. The first-order valence-corrected chi connectivity index (χ1v) is 8.08. The van der Waals surface area contributed by atoms with Gasteiger partial charge in [-0.05, 0) is 25.5 Å². The predicted molar refractivity (Wildman–Crippen MR) is 89.3 cm³/mol. The van der Waals surface area contributed by atoms with Gasteiger partial charge in [-0.2, -0.15) is 0 Å². The van der Waals surface area contributed by atoms with E-state index in [1.807, 2.05) is 12.2 Å². The molecule has 0 fully saturated rings. The minimum absolute atomic E-state index is 0.137. The average Bonchev–Trinajstić information content (AvgIpc) is 2.50. The Labute approximate surface area is 137 Å². The highest BCUT2D eigenvalue weighted by atomic mass is 32.2. The van der Waals surface area contributed by atoms with E-state index in [0.29, 0.717) is 22.6 Å². The lowest BCUT2D eigenvalue weighted by Crippen LogP contribution is -2.39. The summed E-state index contributed by atoms with van der Waals surface area (Å²) in [7, 11) is 0. The minimum atomic E-state index is -0.903. The number of thioether (sulfide) groups is 1. The topological polar surface area (TPSA) is 107 Å². The Morgan fingerprint density at radius 3 is 2.74 bits per heavy atom. The molecule has 1 heterocycles. The molecule has 0 aliphatic carbocycles. The number of amides is 3. The van der Waals surface area contributed by atoms with Gasteiger partial charge in [0.1, 0.15) is 0 Å². The number of urea groups is 1. The van der Waals surface area contributed by atoms with Gasteiger partial charge in [0.15, 0.2) is 5.16 Å². The van der Waals surface area contributed by atoms with Crippen LogP contribution in [0.25, 0.3) is 10.9 Å². The first kappa shape index (κ1) is 17.0. The van der Waals surface area contributed by atoms with Gasteiger partial charge in [-0.15, -0.1) is 0 Å². The lowest BCUT2D eigenvalue weighted by Gasteiger charge is -2.15. The van der Waals surface area contributed by atoms with Gasteiger partial charge < -0.3 is 5.73 Å². The fraction of sp³-hybridized carbons (Fsp3) is 0.333. The fourth-order valence-corrected chi connectivity index (χ4v) is 3.03. The van der Waals surface area contributed by atoms with E-state index in [4.69, 9.17) is 5.73 Å². The summed E-state index contributed by atoms with van der Waals surface area (Å²) in [4.78, 5) is 39.7. The van der Waals surface area contributed by atoms with Crippen LogP contribution in [0.15, 0.2) is 34.2 Å². The fourth-order valence-electron chi connectivity index (χ4n) is 2.09. The third-order valence-electron chi connectivity index (χ3n) is 3.17. The van der Waals surface area contributed by atoms with Crippen molar-refractivity contribution in [1.82, 2.24) is 14.9 Å². The van der Waals surface area contributed by atoms with Crippen LogP contribution >= 0.6 is 11.8 Å². The van der Waals surface area contributed by atoms with E-state index >= 15 is 0 Å². The van der Waals surface area contributed by atoms with E-state index in [0.717, 1.165) is 18.2 Å². The molecule has 2 rings (SSSR count). The van der Waals surface area contributed by atoms with E-state index in [1.165, 1.54) is 0 Å². The summed E-state index contributed by atoms with van der Waals surface area (Å²) in [6.45, 7) is 4.09. The summed E-state index contributed by atoms with van der Waals surface area (Å²) in [5.74, 6) is -0.520. The molecule has 0 aliphatic rings. The van der Waals surface area contributed by atoms with Crippen molar-refractivity contribution in [3.63, 3.8) is 0 Å². The summed E-state index contributed by atoms with van der Waals surface area (Å²) >= 11 is 1.12. The molecule has 3 N–H and O–H groups in total. The van der Waals surface area contributed by atoms with E-state index in [1.54, 1.807) is 35.8 Å². The number of primary amides is 1. The van der Waals surface area contributed by atoms with Gasteiger partial charge in [0.25, 0.3) is 5.56 Å². The number of nitrogens with one attached hydrogen (secondary N) is 1. The molecule has 0 spiro atoms. The Balaban J connectivity index is 2.42. The zero-order valence-electron chi connectivity index (χ0n) is 12.9. The quantitative estimate of drug-likeness (QED) is 0.636. The van der Waals surface area contributed by atoms with E-state index in [9.17, 15) is 14.4 Å². The first-order chi connectivity index (χ1) is 10.9. The predicted octanol–water partition coefficient (Wildman–Crippen LogP) is 1.48. The number of benzene rings is 1. The second-order valence-electron chi connectivity index (χ2n) is 4.98. The Hall–Kier alpha value is -2.35. The van der Waals surface area contributed by atoms with Crippen LogP contribution in [-0.2, 0) is 11.3 Å². The Morgan fingerprint density at radius 1 is 1.39 bits per heavy atom. The van der Waals surface area contributed by atoms with Gasteiger partial charge in [-0.25, -0.2) is 9.78 Å². The molecule has 1 unspecified atom stereocenters. The number of para-hydroxylation sites is 1. The van der Waals surface area contributed by atoms with Crippen LogP contribution in [0.2, 0.25) is 0 Å². The summed E-state index contributed by atoms with van der Waals surface area (Å²) in [5, 5.41) is 2.41. The normalized spacial score (nSPS) is 12.1. The minimum Gasteiger partial charge on any atom is -0.351 e.